The molecule has 0 aromatic rings. The molecule has 0 aromatic heterocycles. The number of aliphatic hydroxyl groups excluding tert-OH is 8. The molecule has 0 aliphatic carbocycles. The zero-order valence-corrected chi connectivity index (χ0v) is 12.0. The van der Waals surface area contributed by atoms with Crippen LogP contribution in [0.15, 0.2) is 0 Å². The van der Waals surface area contributed by atoms with Crippen LogP contribution in [0.5, 0.6) is 0 Å². The van der Waals surface area contributed by atoms with E-state index in [1.165, 1.54) is 0 Å². The molecule has 8 N–H and O–H groups in total. The summed E-state index contributed by atoms with van der Waals surface area (Å²) in [6.45, 7) is -1.10. The second-order valence-electron chi connectivity index (χ2n) is 5.57. The van der Waals surface area contributed by atoms with Gasteiger partial charge in [-0.1, -0.05) is 0 Å². The molecule has 136 valence electrons. The van der Waals surface area contributed by atoms with Crippen LogP contribution >= 0.6 is 0 Å². The summed E-state index contributed by atoms with van der Waals surface area (Å²) < 4.78 is 15.1. The molecule has 2 aliphatic rings. The van der Waals surface area contributed by atoms with E-state index in [4.69, 9.17) is 19.3 Å². The number of hydrogen-bond acceptors (Lipinski definition) is 11. The Morgan fingerprint density at radius 2 is 1.22 bits per heavy atom. The summed E-state index contributed by atoms with van der Waals surface area (Å²) in [6, 6.07) is 0. The Kier molecular flexibility index (Phi) is 6.27. The monoisotopic (exact) mass is 342 g/mol. The van der Waals surface area contributed by atoms with E-state index in [2.05, 4.69) is 0 Å². The average molecular weight is 342 g/mol. The van der Waals surface area contributed by atoms with E-state index in [9.17, 15) is 35.7 Å². The average Bonchev–Trinajstić information content (AvgIpc) is 2.54. The van der Waals surface area contributed by atoms with Gasteiger partial charge in [-0.2, -0.15) is 0 Å². The van der Waals surface area contributed by atoms with Crippen LogP contribution in [0.2, 0.25) is 0 Å². The minimum Gasteiger partial charge on any atom is -0.394 e. The summed E-state index contributed by atoms with van der Waals surface area (Å²) >= 11 is 0. The second-order valence-corrected chi connectivity index (χ2v) is 5.57. The summed E-state index contributed by atoms with van der Waals surface area (Å²) in [5.74, 6) is 0. The van der Waals surface area contributed by atoms with Crippen molar-refractivity contribution in [2.75, 3.05) is 13.2 Å². The third-order valence-electron chi connectivity index (χ3n) is 3.96. The highest BCUT2D eigenvalue weighted by atomic mass is 16.7. The van der Waals surface area contributed by atoms with Gasteiger partial charge in [0.2, 0.25) is 0 Å². The van der Waals surface area contributed by atoms with E-state index in [-0.39, 0.29) is 0 Å². The minimum absolute atomic E-state index is 0.468. The SMILES string of the molecule is OC[C@H]1OC(OC[C@H]2OC(O)[C@H](O)[C@@H](O)[C@@H]2O)[C@H](O)[C@@H](O)[C@@H]1O. The van der Waals surface area contributed by atoms with Crippen LogP contribution in [-0.4, -0.2) is 115 Å². The van der Waals surface area contributed by atoms with Crippen molar-refractivity contribution < 1.29 is 55.1 Å². The molecular formula is C12H22O11. The van der Waals surface area contributed by atoms with E-state index < -0.39 is 74.6 Å². The first-order valence-electron chi connectivity index (χ1n) is 7.07. The van der Waals surface area contributed by atoms with Gasteiger partial charge in [-0.25, -0.2) is 0 Å². The van der Waals surface area contributed by atoms with Gasteiger partial charge in [0.1, 0.15) is 48.8 Å². The molecular weight excluding hydrogens is 320 g/mol. The van der Waals surface area contributed by atoms with Gasteiger partial charge in [-0.15, -0.1) is 0 Å². The normalized spacial score (nSPS) is 51.7. The first-order chi connectivity index (χ1) is 10.8. The van der Waals surface area contributed by atoms with Crippen molar-refractivity contribution in [1.29, 1.82) is 0 Å². The Labute approximate surface area is 130 Å². The third kappa shape index (κ3) is 3.81. The maximum absolute atomic E-state index is 9.78. The van der Waals surface area contributed by atoms with Gasteiger partial charge in [0.05, 0.1) is 13.2 Å². The zero-order chi connectivity index (χ0) is 17.3. The van der Waals surface area contributed by atoms with Crippen LogP contribution < -0.4 is 0 Å². The minimum atomic E-state index is -1.74. The van der Waals surface area contributed by atoms with Crippen LogP contribution in [0.3, 0.4) is 0 Å². The Morgan fingerprint density at radius 3 is 1.83 bits per heavy atom. The molecule has 0 aromatic carbocycles. The topological polar surface area (TPSA) is 190 Å². The van der Waals surface area contributed by atoms with Crippen molar-refractivity contribution in [2.45, 2.75) is 61.4 Å². The molecule has 0 bridgehead atoms. The fourth-order valence-corrected chi connectivity index (χ4v) is 2.46. The van der Waals surface area contributed by atoms with Crippen molar-refractivity contribution in [3.8, 4) is 0 Å². The predicted molar refractivity (Wildman–Crippen MR) is 68.6 cm³/mol. The standard InChI is InChI=1S/C12H22O11/c13-1-3-5(14)8(17)10(19)12(23-3)21-2-4-6(15)7(16)9(18)11(20)22-4/h3-20H,1-2H2/t3-,4-,5-,6-,7+,8+,9-,10-,11?,12?/m1/s1. The van der Waals surface area contributed by atoms with Crippen molar-refractivity contribution in [2.24, 2.45) is 0 Å². The molecule has 2 fully saturated rings. The molecule has 0 saturated carbocycles. The Morgan fingerprint density at radius 1 is 0.652 bits per heavy atom. The zero-order valence-electron chi connectivity index (χ0n) is 12.0. The van der Waals surface area contributed by atoms with E-state index in [1.807, 2.05) is 0 Å². The Balaban J connectivity index is 1.94. The maximum Gasteiger partial charge on any atom is 0.186 e. The molecule has 0 spiro atoms. The molecule has 11 nitrogen and oxygen atoms in total. The lowest BCUT2D eigenvalue weighted by Gasteiger charge is -2.41. The van der Waals surface area contributed by atoms with Crippen molar-refractivity contribution in [3.63, 3.8) is 0 Å². The van der Waals surface area contributed by atoms with Gasteiger partial charge in [0.25, 0.3) is 0 Å². The van der Waals surface area contributed by atoms with Gasteiger partial charge >= 0.3 is 0 Å². The smallest absolute Gasteiger partial charge is 0.186 e. The molecule has 0 amide bonds. The van der Waals surface area contributed by atoms with Crippen molar-refractivity contribution >= 4 is 0 Å². The summed E-state index contributed by atoms with van der Waals surface area (Å²) in [4.78, 5) is 0. The fraction of sp³-hybridized carbons (Fsp3) is 1.00. The van der Waals surface area contributed by atoms with Gasteiger partial charge in [-0.3, -0.25) is 0 Å². The van der Waals surface area contributed by atoms with Crippen LogP contribution in [-0.2, 0) is 14.2 Å². The van der Waals surface area contributed by atoms with Crippen LogP contribution in [0.25, 0.3) is 0 Å². The fourth-order valence-electron chi connectivity index (χ4n) is 2.46. The quantitative estimate of drug-likeness (QED) is 0.243. The molecule has 10 atom stereocenters. The molecule has 2 saturated heterocycles. The molecule has 2 unspecified atom stereocenters. The van der Waals surface area contributed by atoms with Crippen molar-refractivity contribution in [3.05, 3.63) is 0 Å². The Bertz CT molecular complexity index is 380. The molecule has 2 aliphatic heterocycles. The third-order valence-corrected chi connectivity index (χ3v) is 3.96. The predicted octanol–water partition coefficient (Wildman–Crippen LogP) is -5.40. The molecule has 0 radical (unpaired) electrons. The van der Waals surface area contributed by atoms with Crippen LogP contribution in [0.4, 0.5) is 0 Å². The molecule has 2 heterocycles. The number of rotatable bonds is 4. The van der Waals surface area contributed by atoms with E-state index in [0.29, 0.717) is 0 Å². The first kappa shape index (κ1) is 18.9. The van der Waals surface area contributed by atoms with Gasteiger partial charge in [-0.05, 0) is 0 Å². The first-order valence-corrected chi connectivity index (χ1v) is 7.07. The van der Waals surface area contributed by atoms with Gasteiger partial charge in [0, 0.05) is 0 Å². The molecule has 23 heavy (non-hydrogen) atoms. The maximum atomic E-state index is 9.78. The highest BCUT2D eigenvalue weighted by molar-refractivity contribution is 4.91. The van der Waals surface area contributed by atoms with Gasteiger partial charge in [0.15, 0.2) is 12.6 Å². The van der Waals surface area contributed by atoms with E-state index in [0.717, 1.165) is 0 Å². The number of ether oxygens (including phenoxy) is 3. The van der Waals surface area contributed by atoms with Crippen LogP contribution in [0.1, 0.15) is 0 Å². The highest BCUT2D eigenvalue weighted by Gasteiger charge is 2.46. The summed E-state index contributed by atoms with van der Waals surface area (Å²) in [7, 11) is 0. The Hall–Kier alpha value is -0.440. The summed E-state index contributed by atoms with van der Waals surface area (Å²) in [5.41, 5.74) is 0. The molecule has 11 heteroatoms. The molecule has 2 rings (SSSR count). The van der Waals surface area contributed by atoms with Gasteiger partial charge < -0.3 is 55.1 Å². The van der Waals surface area contributed by atoms with Crippen LogP contribution in [0, 0.1) is 0 Å². The number of aliphatic hydroxyl groups is 8. The lowest BCUT2D eigenvalue weighted by Crippen LogP contribution is -2.61. The summed E-state index contributed by atoms with van der Waals surface area (Å²) in [5, 5.41) is 76.1. The largest absolute Gasteiger partial charge is 0.394 e. The highest BCUT2D eigenvalue weighted by Crippen LogP contribution is 2.24. The second kappa shape index (κ2) is 7.63. The van der Waals surface area contributed by atoms with E-state index in [1.54, 1.807) is 0 Å². The lowest BCUT2D eigenvalue weighted by atomic mass is 9.98. The number of hydrogen-bond donors (Lipinski definition) is 8. The van der Waals surface area contributed by atoms with Crippen molar-refractivity contribution in [1.82, 2.24) is 0 Å². The van der Waals surface area contributed by atoms with E-state index >= 15 is 0 Å². The summed E-state index contributed by atoms with van der Waals surface area (Å²) in [6.07, 6.45) is -15.3. The lowest BCUT2D eigenvalue weighted by molar-refractivity contribution is -0.325.